The maximum absolute atomic E-state index is 12.4. The summed E-state index contributed by atoms with van der Waals surface area (Å²) in [7, 11) is -3.52. The van der Waals surface area contributed by atoms with Crippen molar-refractivity contribution in [2.45, 2.75) is 25.0 Å². The number of ether oxygens (including phenoxy) is 4. The van der Waals surface area contributed by atoms with Crippen LogP contribution in [0.2, 0.25) is 0 Å². The second kappa shape index (κ2) is 7.11. The van der Waals surface area contributed by atoms with Crippen LogP contribution in [0.1, 0.15) is 13.8 Å². The summed E-state index contributed by atoms with van der Waals surface area (Å²) in [6.45, 7) is 5.25. The van der Waals surface area contributed by atoms with Crippen molar-refractivity contribution >= 4 is 9.84 Å². The van der Waals surface area contributed by atoms with Crippen LogP contribution in [0.4, 0.5) is 0 Å². The molecule has 0 saturated carbocycles. The van der Waals surface area contributed by atoms with Crippen LogP contribution >= 0.6 is 0 Å². The zero-order chi connectivity index (χ0) is 15.3. The van der Waals surface area contributed by atoms with Crippen molar-refractivity contribution in [2.24, 2.45) is 0 Å². The zero-order valence-corrected chi connectivity index (χ0v) is 13.0. The highest BCUT2D eigenvalue weighted by molar-refractivity contribution is 7.91. The quantitative estimate of drug-likeness (QED) is 0.712. The van der Waals surface area contributed by atoms with E-state index in [0.717, 1.165) is 0 Å². The van der Waals surface area contributed by atoms with Crippen LogP contribution < -0.4 is 9.47 Å². The van der Waals surface area contributed by atoms with E-state index in [2.05, 4.69) is 0 Å². The molecule has 1 aromatic carbocycles. The molecule has 0 unspecified atom stereocenters. The molecule has 118 valence electrons. The van der Waals surface area contributed by atoms with Crippen molar-refractivity contribution in [3.63, 3.8) is 0 Å². The van der Waals surface area contributed by atoms with Crippen LogP contribution in [0.25, 0.3) is 0 Å². The molecule has 21 heavy (non-hydrogen) atoms. The Bertz CT molecular complexity index is 563. The van der Waals surface area contributed by atoms with Crippen LogP contribution in [0, 0.1) is 0 Å². The van der Waals surface area contributed by atoms with Crippen LogP contribution in [-0.4, -0.2) is 46.9 Å². The van der Waals surface area contributed by atoms with Gasteiger partial charge in [0.15, 0.2) is 27.6 Å². The third-order valence-electron chi connectivity index (χ3n) is 2.93. The lowest BCUT2D eigenvalue weighted by molar-refractivity contribution is -0.120. The molecular formula is C14H20O6S. The molecule has 1 aliphatic rings. The minimum absolute atomic E-state index is 0.177. The van der Waals surface area contributed by atoms with Gasteiger partial charge in [-0.3, -0.25) is 0 Å². The molecular weight excluding hydrogens is 296 g/mol. The first-order valence-electron chi connectivity index (χ1n) is 6.92. The van der Waals surface area contributed by atoms with Crippen LogP contribution in [0.5, 0.6) is 11.5 Å². The minimum Gasteiger partial charge on any atom is -0.486 e. The van der Waals surface area contributed by atoms with Gasteiger partial charge in [-0.15, -0.1) is 0 Å². The largest absolute Gasteiger partial charge is 0.486 e. The fourth-order valence-electron chi connectivity index (χ4n) is 2.01. The summed E-state index contributed by atoms with van der Waals surface area (Å²) in [5, 5.41) is 0. The maximum Gasteiger partial charge on any atom is 0.183 e. The van der Waals surface area contributed by atoms with Gasteiger partial charge in [0, 0.05) is 19.3 Å². The molecule has 0 atom stereocenters. The molecule has 1 aliphatic heterocycles. The Morgan fingerprint density at radius 2 is 1.71 bits per heavy atom. The predicted octanol–water partition coefficient (Wildman–Crippen LogP) is 1.63. The number of sulfone groups is 1. The van der Waals surface area contributed by atoms with E-state index < -0.39 is 16.1 Å². The number of rotatable bonds is 7. The van der Waals surface area contributed by atoms with E-state index in [1.165, 1.54) is 12.1 Å². The van der Waals surface area contributed by atoms with Crippen molar-refractivity contribution in [3.8, 4) is 11.5 Å². The van der Waals surface area contributed by atoms with E-state index in [9.17, 15) is 8.42 Å². The molecule has 0 radical (unpaired) electrons. The standard InChI is InChI=1S/C14H20O6S/c1-3-17-14(18-4-2)10-21(15,16)11-5-6-12-13(9-11)20-8-7-19-12/h5-6,9,14H,3-4,7-8,10H2,1-2H3. The van der Waals surface area contributed by atoms with Gasteiger partial charge in [-0.05, 0) is 26.0 Å². The summed E-state index contributed by atoms with van der Waals surface area (Å²) >= 11 is 0. The molecule has 0 amide bonds. The smallest absolute Gasteiger partial charge is 0.183 e. The second-order valence-electron chi connectivity index (χ2n) is 4.43. The number of benzene rings is 1. The van der Waals surface area contributed by atoms with Gasteiger partial charge in [-0.1, -0.05) is 0 Å². The SMILES string of the molecule is CCOC(CS(=O)(=O)c1ccc2c(c1)OCCO2)OCC. The van der Waals surface area contributed by atoms with Gasteiger partial charge in [0.25, 0.3) is 0 Å². The third kappa shape index (κ3) is 4.09. The zero-order valence-electron chi connectivity index (χ0n) is 12.2. The number of hydrogen-bond donors (Lipinski definition) is 0. The lowest BCUT2D eigenvalue weighted by Gasteiger charge is -2.20. The fraction of sp³-hybridized carbons (Fsp3) is 0.571. The summed E-state index contributed by atoms with van der Waals surface area (Å²) < 4.78 is 46.2. The van der Waals surface area contributed by atoms with Crippen molar-refractivity contribution in [2.75, 3.05) is 32.2 Å². The summed E-state index contributed by atoms with van der Waals surface area (Å²) in [5.74, 6) is 0.784. The van der Waals surface area contributed by atoms with E-state index in [1.54, 1.807) is 19.9 Å². The lowest BCUT2D eigenvalue weighted by Crippen LogP contribution is -2.27. The normalized spacial score (nSPS) is 14.4. The van der Waals surface area contributed by atoms with Gasteiger partial charge in [0.1, 0.15) is 19.0 Å². The third-order valence-corrected chi connectivity index (χ3v) is 4.62. The van der Waals surface area contributed by atoms with Gasteiger partial charge in [0.05, 0.1) is 4.90 Å². The van der Waals surface area contributed by atoms with E-state index in [4.69, 9.17) is 18.9 Å². The van der Waals surface area contributed by atoms with Crippen molar-refractivity contribution < 1.29 is 27.4 Å². The van der Waals surface area contributed by atoms with Crippen molar-refractivity contribution in [1.82, 2.24) is 0 Å². The van der Waals surface area contributed by atoms with E-state index in [1.807, 2.05) is 0 Å². The highest BCUT2D eigenvalue weighted by Crippen LogP contribution is 2.32. The molecule has 6 nitrogen and oxygen atoms in total. The minimum atomic E-state index is -3.52. The molecule has 0 saturated heterocycles. The Hall–Kier alpha value is -1.31. The van der Waals surface area contributed by atoms with Gasteiger partial charge in [-0.25, -0.2) is 8.42 Å². The molecule has 0 aromatic heterocycles. The molecule has 1 heterocycles. The Morgan fingerprint density at radius 3 is 2.33 bits per heavy atom. The molecule has 1 aromatic rings. The summed E-state index contributed by atoms with van der Waals surface area (Å²) in [4.78, 5) is 0.177. The van der Waals surface area contributed by atoms with Crippen LogP contribution in [0.15, 0.2) is 23.1 Å². The molecule has 0 spiro atoms. The Balaban J connectivity index is 2.18. The number of hydrogen-bond acceptors (Lipinski definition) is 6. The maximum atomic E-state index is 12.4. The molecule has 0 fully saturated rings. The lowest BCUT2D eigenvalue weighted by atomic mass is 10.3. The van der Waals surface area contributed by atoms with Crippen LogP contribution in [-0.2, 0) is 19.3 Å². The summed E-state index contributed by atoms with van der Waals surface area (Å²) in [6.07, 6.45) is -0.766. The van der Waals surface area contributed by atoms with Crippen molar-refractivity contribution in [3.05, 3.63) is 18.2 Å². The Labute approximate surface area is 124 Å². The summed E-state index contributed by atoms with van der Waals surface area (Å²) in [6, 6.07) is 4.61. The highest BCUT2D eigenvalue weighted by Gasteiger charge is 2.24. The monoisotopic (exact) mass is 316 g/mol. The van der Waals surface area contributed by atoms with E-state index >= 15 is 0 Å². The van der Waals surface area contributed by atoms with E-state index in [0.29, 0.717) is 37.9 Å². The highest BCUT2D eigenvalue weighted by atomic mass is 32.2. The first-order valence-corrected chi connectivity index (χ1v) is 8.57. The van der Waals surface area contributed by atoms with Gasteiger partial charge < -0.3 is 18.9 Å². The number of fused-ring (bicyclic) bond motifs is 1. The van der Waals surface area contributed by atoms with Gasteiger partial charge in [-0.2, -0.15) is 0 Å². The van der Waals surface area contributed by atoms with Crippen molar-refractivity contribution in [1.29, 1.82) is 0 Å². The average Bonchev–Trinajstić information content (AvgIpc) is 2.47. The average molecular weight is 316 g/mol. The van der Waals surface area contributed by atoms with Gasteiger partial charge in [0.2, 0.25) is 0 Å². The predicted molar refractivity (Wildman–Crippen MR) is 76.5 cm³/mol. The molecule has 7 heteroatoms. The van der Waals surface area contributed by atoms with Crippen LogP contribution in [0.3, 0.4) is 0 Å². The Kier molecular flexibility index (Phi) is 5.44. The topological polar surface area (TPSA) is 71.1 Å². The van der Waals surface area contributed by atoms with Gasteiger partial charge >= 0.3 is 0 Å². The summed E-state index contributed by atoms with van der Waals surface area (Å²) in [5.41, 5.74) is 0. The fourth-order valence-corrected chi connectivity index (χ4v) is 3.31. The molecule has 0 aliphatic carbocycles. The molecule has 2 rings (SSSR count). The molecule has 0 bridgehead atoms. The Morgan fingerprint density at radius 1 is 1.10 bits per heavy atom. The van der Waals surface area contributed by atoms with E-state index in [-0.39, 0.29) is 10.6 Å². The first kappa shape index (κ1) is 16.1. The molecule has 0 N–H and O–H groups in total. The first-order chi connectivity index (χ1) is 10.1. The second-order valence-corrected chi connectivity index (χ2v) is 6.46.